The predicted molar refractivity (Wildman–Crippen MR) is 120 cm³/mol. The van der Waals surface area contributed by atoms with Crippen LogP contribution in [0.4, 0.5) is 0 Å². The van der Waals surface area contributed by atoms with E-state index in [1.54, 1.807) is 0 Å². The summed E-state index contributed by atoms with van der Waals surface area (Å²) in [5.74, 6) is 0.667. The molecule has 0 spiro atoms. The molecule has 164 valence electrons. The molecule has 0 rings (SSSR count). The van der Waals surface area contributed by atoms with Crippen LogP contribution in [0.25, 0.3) is 0 Å². The average Bonchev–Trinajstić information content (AvgIpc) is 2.69. The van der Waals surface area contributed by atoms with Crippen LogP contribution in [0.5, 0.6) is 0 Å². The van der Waals surface area contributed by atoms with Crippen molar-refractivity contribution in [3.05, 3.63) is 0 Å². The van der Waals surface area contributed by atoms with Gasteiger partial charge in [0.2, 0.25) is 0 Å². The normalized spacial score (nSPS) is 13.2. The van der Waals surface area contributed by atoms with E-state index in [1.165, 1.54) is 64.2 Å². The van der Waals surface area contributed by atoms with Crippen LogP contribution in [0, 0.1) is 5.92 Å². The van der Waals surface area contributed by atoms with Crippen LogP contribution >= 0.6 is 0 Å². The molecule has 0 saturated heterocycles. The van der Waals surface area contributed by atoms with Gasteiger partial charge in [-0.25, -0.2) is 0 Å². The Morgan fingerprint density at radius 2 is 0.963 bits per heavy atom. The van der Waals surface area contributed by atoms with Gasteiger partial charge in [0.15, 0.2) is 0 Å². The standard InChI is InChI=1S/C23H50O3Si/c1-6-11-15-19-24-27(25-20-16-12-7-2,26-21-17-13-8-3)22-23(10-5)18-14-9-4/h23H,6-22H2,1-5H3. The van der Waals surface area contributed by atoms with Crippen molar-refractivity contribution in [2.75, 3.05) is 19.8 Å². The Labute approximate surface area is 172 Å². The Morgan fingerprint density at radius 1 is 0.556 bits per heavy atom. The fourth-order valence-corrected chi connectivity index (χ4v) is 6.51. The summed E-state index contributed by atoms with van der Waals surface area (Å²) >= 11 is 0. The van der Waals surface area contributed by atoms with Gasteiger partial charge >= 0.3 is 8.80 Å². The summed E-state index contributed by atoms with van der Waals surface area (Å²) in [6.07, 6.45) is 15.7. The molecule has 0 fully saturated rings. The van der Waals surface area contributed by atoms with Crippen LogP contribution < -0.4 is 0 Å². The number of hydrogen-bond donors (Lipinski definition) is 0. The molecule has 0 aromatic heterocycles. The lowest BCUT2D eigenvalue weighted by Gasteiger charge is -2.33. The molecule has 1 atom stereocenters. The summed E-state index contributed by atoms with van der Waals surface area (Å²) in [7, 11) is -2.58. The largest absolute Gasteiger partial charge is 0.501 e. The van der Waals surface area contributed by atoms with E-state index in [2.05, 4.69) is 34.6 Å². The molecule has 0 bridgehead atoms. The van der Waals surface area contributed by atoms with E-state index < -0.39 is 8.80 Å². The van der Waals surface area contributed by atoms with E-state index in [1.807, 2.05) is 0 Å². The second kappa shape index (κ2) is 19.4. The van der Waals surface area contributed by atoms with Gasteiger partial charge in [0.05, 0.1) is 0 Å². The summed E-state index contributed by atoms with van der Waals surface area (Å²) < 4.78 is 19.5. The van der Waals surface area contributed by atoms with Crippen LogP contribution in [0.1, 0.15) is 118 Å². The molecule has 4 heteroatoms. The fourth-order valence-electron chi connectivity index (χ4n) is 3.34. The second-order valence-electron chi connectivity index (χ2n) is 7.97. The smallest absolute Gasteiger partial charge is 0.373 e. The predicted octanol–water partition coefficient (Wildman–Crippen LogP) is 7.76. The summed E-state index contributed by atoms with van der Waals surface area (Å²) in [5, 5.41) is 0. The topological polar surface area (TPSA) is 27.7 Å². The molecular formula is C23H50O3Si. The third-order valence-electron chi connectivity index (χ3n) is 5.29. The van der Waals surface area contributed by atoms with Gasteiger partial charge in [-0.2, -0.15) is 0 Å². The Balaban J connectivity index is 4.99. The second-order valence-corrected chi connectivity index (χ2v) is 10.6. The van der Waals surface area contributed by atoms with E-state index in [9.17, 15) is 0 Å². The number of unbranched alkanes of at least 4 members (excludes halogenated alkanes) is 7. The molecule has 0 aliphatic carbocycles. The zero-order valence-electron chi connectivity index (χ0n) is 19.3. The molecule has 0 heterocycles. The molecule has 27 heavy (non-hydrogen) atoms. The van der Waals surface area contributed by atoms with Crippen LogP contribution in [0.2, 0.25) is 6.04 Å². The van der Waals surface area contributed by atoms with Crippen LogP contribution in [-0.4, -0.2) is 28.6 Å². The molecule has 0 amide bonds. The highest BCUT2D eigenvalue weighted by atomic mass is 28.4. The van der Waals surface area contributed by atoms with Crippen LogP contribution in [0.15, 0.2) is 0 Å². The van der Waals surface area contributed by atoms with E-state index in [4.69, 9.17) is 13.3 Å². The molecule has 0 N–H and O–H groups in total. The molecule has 0 saturated carbocycles. The highest BCUT2D eigenvalue weighted by Crippen LogP contribution is 2.28. The van der Waals surface area contributed by atoms with E-state index >= 15 is 0 Å². The number of rotatable bonds is 21. The third kappa shape index (κ3) is 14.7. The lowest BCUT2D eigenvalue weighted by Crippen LogP contribution is -2.48. The molecule has 0 aliphatic heterocycles. The maximum absolute atomic E-state index is 6.50. The molecule has 0 radical (unpaired) electrons. The summed E-state index contributed by atoms with van der Waals surface area (Å²) in [4.78, 5) is 0. The summed E-state index contributed by atoms with van der Waals surface area (Å²) in [6, 6.07) is 1.01. The summed E-state index contributed by atoms with van der Waals surface area (Å²) in [6.45, 7) is 13.7. The molecule has 3 nitrogen and oxygen atoms in total. The first-order chi connectivity index (χ1) is 13.2. The Bertz CT molecular complexity index is 268. The van der Waals surface area contributed by atoms with Gasteiger partial charge in [0, 0.05) is 25.9 Å². The minimum Gasteiger partial charge on any atom is -0.373 e. The van der Waals surface area contributed by atoms with Gasteiger partial charge in [-0.05, 0) is 25.2 Å². The van der Waals surface area contributed by atoms with Gasteiger partial charge in [-0.3, -0.25) is 0 Å². The van der Waals surface area contributed by atoms with Crippen molar-refractivity contribution in [3.8, 4) is 0 Å². The zero-order valence-corrected chi connectivity index (χ0v) is 20.3. The van der Waals surface area contributed by atoms with Gasteiger partial charge in [-0.15, -0.1) is 0 Å². The van der Waals surface area contributed by atoms with E-state index in [0.29, 0.717) is 5.92 Å². The van der Waals surface area contributed by atoms with Crippen molar-refractivity contribution in [1.82, 2.24) is 0 Å². The van der Waals surface area contributed by atoms with Crippen molar-refractivity contribution < 1.29 is 13.3 Å². The lowest BCUT2D eigenvalue weighted by atomic mass is 10.0. The van der Waals surface area contributed by atoms with Crippen LogP contribution in [-0.2, 0) is 13.3 Å². The highest BCUT2D eigenvalue weighted by molar-refractivity contribution is 6.60. The first-order valence-corrected chi connectivity index (χ1v) is 14.0. The lowest BCUT2D eigenvalue weighted by molar-refractivity contribution is 0.0509. The zero-order chi connectivity index (χ0) is 20.2. The maximum Gasteiger partial charge on any atom is 0.501 e. The molecule has 0 aliphatic rings. The molecule has 1 unspecified atom stereocenters. The SMILES string of the molecule is CCCCCO[Si](CC(CC)CCCC)(OCCCCC)OCCCCC. The molecule has 0 aromatic carbocycles. The summed E-state index contributed by atoms with van der Waals surface area (Å²) in [5.41, 5.74) is 0. The van der Waals surface area contributed by atoms with E-state index in [0.717, 1.165) is 45.1 Å². The average molecular weight is 403 g/mol. The Kier molecular flexibility index (Phi) is 19.5. The van der Waals surface area contributed by atoms with Gasteiger partial charge in [-0.1, -0.05) is 98.8 Å². The van der Waals surface area contributed by atoms with Crippen molar-refractivity contribution in [2.24, 2.45) is 5.92 Å². The quantitative estimate of drug-likeness (QED) is 0.145. The van der Waals surface area contributed by atoms with Gasteiger partial charge in [0.25, 0.3) is 0 Å². The monoisotopic (exact) mass is 402 g/mol. The highest BCUT2D eigenvalue weighted by Gasteiger charge is 2.43. The molecular weight excluding hydrogens is 352 g/mol. The van der Waals surface area contributed by atoms with Crippen molar-refractivity contribution in [2.45, 2.75) is 124 Å². The first-order valence-electron chi connectivity index (χ1n) is 12.1. The number of hydrogen-bond acceptors (Lipinski definition) is 3. The minimum atomic E-state index is -2.58. The first kappa shape index (κ1) is 27.1. The molecule has 0 aromatic rings. The van der Waals surface area contributed by atoms with Gasteiger partial charge < -0.3 is 13.3 Å². The third-order valence-corrected chi connectivity index (χ3v) is 8.30. The van der Waals surface area contributed by atoms with Crippen molar-refractivity contribution in [1.29, 1.82) is 0 Å². The van der Waals surface area contributed by atoms with Crippen LogP contribution in [0.3, 0.4) is 0 Å². The van der Waals surface area contributed by atoms with Crippen molar-refractivity contribution >= 4 is 8.80 Å². The van der Waals surface area contributed by atoms with Gasteiger partial charge in [0.1, 0.15) is 0 Å². The minimum absolute atomic E-state index is 0.667. The Hall–Kier alpha value is 0.0969. The fraction of sp³-hybridized carbons (Fsp3) is 1.00. The van der Waals surface area contributed by atoms with E-state index in [-0.39, 0.29) is 0 Å². The maximum atomic E-state index is 6.50. The Morgan fingerprint density at radius 3 is 1.30 bits per heavy atom. The van der Waals surface area contributed by atoms with Crippen molar-refractivity contribution in [3.63, 3.8) is 0 Å².